The molecule has 2 aliphatic heterocycles. The normalized spacial score (nSPS) is 34.7. The van der Waals surface area contributed by atoms with Crippen LogP contribution in [0.25, 0.3) is 22.8 Å². The van der Waals surface area contributed by atoms with Gasteiger partial charge in [-0.05, 0) is 90.2 Å². The van der Waals surface area contributed by atoms with Crippen molar-refractivity contribution >= 4 is 0 Å². The molecule has 2 aromatic carbocycles. The molecule has 2 aromatic rings. The SMILES string of the molecule is C[C@]12CC[C@H]3[C@@H](CC[C@H]4Cc5c(cc6c(=O)nc(-c7ccccc7)nc-6n5Cc5ccccc5)C[C@@]43C)[C@@H]1[C@H](O)C[C@@H]2O. The Bertz CT molecular complexity index is 1700. The van der Waals surface area contributed by atoms with Gasteiger partial charge in [-0.3, -0.25) is 4.79 Å². The van der Waals surface area contributed by atoms with Crippen molar-refractivity contribution in [3.05, 3.63) is 93.9 Å². The quantitative estimate of drug-likeness (QED) is 0.325. The van der Waals surface area contributed by atoms with Crippen molar-refractivity contribution in [2.24, 2.45) is 34.5 Å². The van der Waals surface area contributed by atoms with Gasteiger partial charge < -0.3 is 14.8 Å². The molecular formula is C37H41N3O3. The molecule has 0 radical (unpaired) electrons. The zero-order valence-electron chi connectivity index (χ0n) is 25.1. The van der Waals surface area contributed by atoms with E-state index in [0.29, 0.717) is 42.1 Å². The number of pyridine rings is 1. The minimum atomic E-state index is -0.417. The first kappa shape index (κ1) is 27.2. The Hall–Kier alpha value is -3.35. The molecule has 8 atom stereocenters. The molecule has 6 nitrogen and oxygen atoms in total. The number of aromatic nitrogens is 3. The Morgan fingerprint density at radius 3 is 2.44 bits per heavy atom. The van der Waals surface area contributed by atoms with Gasteiger partial charge in [0.25, 0.3) is 5.56 Å². The number of rotatable bonds is 3. The third-order valence-corrected chi connectivity index (χ3v) is 12.4. The number of fused-ring (bicyclic) bond motifs is 7. The monoisotopic (exact) mass is 575 g/mol. The van der Waals surface area contributed by atoms with Crippen molar-refractivity contribution in [3.8, 4) is 22.8 Å². The summed E-state index contributed by atoms with van der Waals surface area (Å²) in [7, 11) is 0. The van der Waals surface area contributed by atoms with E-state index in [-0.39, 0.29) is 22.3 Å². The van der Waals surface area contributed by atoms with Crippen LogP contribution in [0, 0.1) is 34.5 Å². The second kappa shape index (κ2) is 9.83. The molecule has 2 N–H and O–H groups in total. The molecule has 222 valence electrons. The van der Waals surface area contributed by atoms with Crippen LogP contribution in [0.2, 0.25) is 0 Å². The van der Waals surface area contributed by atoms with Crippen molar-refractivity contribution in [1.29, 1.82) is 0 Å². The first-order chi connectivity index (χ1) is 20.8. The van der Waals surface area contributed by atoms with Gasteiger partial charge >= 0.3 is 0 Å². The van der Waals surface area contributed by atoms with Crippen molar-refractivity contribution < 1.29 is 10.2 Å². The highest BCUT2D eigenvalue weighted by Crippen LogP contribution is 2.65. The first-order valence-corrected chi connectivity index (χ1v) is 16.1. The summed E-state index contributed by atoms with van der Waals surface area (Å²) in [6, 6.07) is 22.4. The van der Waals surface area contributed by atoms with E-state index in [1.54, 1.807) is 0 Å². The number of aliphatic hydroxyl groups is 2. The number of benzene rings is 2. The number of hydrogen-bond donors (Lipinski definition) is 2. The minimum absolute atomic E-state index is 0.0800. The lowest BCUT2D eigenvalue weighted by Crippen LogP contribution is -2.56. The molecular weight excluding hydrogens is 534 g/mol. The highest BCUT2D eigenvalue weighted by Gasteiger charge is 2.62. The molecule has 0 bridgehead atoms. The Balaban J connectivity index is 1.25. The Morgan fingerprint density at radius 1 is 0.930 bits per heavy atom. The predicted molar refractivity (Wildman–Crippen MR) is 167 cm³/mol. The van der Waals surface area contributed by atoms with Crippen LogP contribution in [0.1, 0.15) is 62.8 Å². The molecule has 2 heterocycles. The fourth-order valence-electron chi connectivity index (χ4n) is 10.2. The average molecular weight is 576 g/mol. The average Bonchev–Trinajstić information content (AvgIpc) is 3.24. The van der Waals surface area contributed by atoms with Crippen LogP contribution in [0.5, 0.6) is 0 Å². The molecule has 0 amide bonds. The van der Waals surface area contributed by atoms with E-state index in [9.17, 15) is 15.0 Å². The molecule has 4 aliphatic carbocycles. The Kier molecular flexibility index (Phi) is 6.22. The van der Waals surface area contributed by atoms with Gasteiger partial charge in [-0.2, -0.15) is 4.98 Å². The van der Waals surface area contributed by atoms with Gasteiger partial charge in [0.1, 0.15) is 5.82 Å². The molecule has 0 saturated heterocycles. The highest BCUT2D eigenvalue weighted by atomic mass is 16.3. The maximum atomic E-state index is 13.7. The molecule has 0 aromatic heterocycles. The van der Waals surface area contributed by atoms with Crippen LogP contribution in [0.4, 0.5) is 0 Å². The third-order valence-electron chi connectivity index (χ3n) is 12.4. The van der Waals surface area contributed by atoms with E-state index in [2.05, 4.69) is 53.7 Å². The summed E-state index contributed by atoms with van der Waals surface area (Å²) in [5.41, 5.74) is 4.84. The van der Waals surface area contributed by atoms with Gasteiger partial charge in [0.05, 0.1) is 17.8 Å². The van der Waals surface area contributed by atoms with E-state index in [0.717, 1.165) is 49.9 Å². The van der Waals surface area contributed by atoms with Crippen LogP contribution >= 0.6 is 0 Å². The molecule has 0 unspecified atom stereocenters. The van der Waals surface area contributed by atoms with Crippen LogP contribution in [-0.2, 0) is 19.4 Å². The van der Waals surface area contributed by atoms with Gasteiger partial charge in [-0.25, -0.2) is 4.98 Å². The van der Waals surface area contributed by atoms with Gasteiger partial charge in [0.2, 0.25) is 0 Å². The molecule has 8 rings (SSSR count). The number of hydrogen-bond acceptors (Lipinski definition) is 5. The van der Waals surface area contributed by atoms with Crippen LogP contribution in [-0.4, -0.2) is 37.0 Å². The van der Waals surface area contributed by atoms with Gasteiger partial charge in [-0.1, -0.05) is 74.5 Å². The van der Waals surface area contributed by atoms with E-state index in [1.807, 2.05) is 36.4 Å². The summed E-state index contributed by atoms with van der Waals surface area (Å²) < 4.78 is 2.32. The predicted octanol–water partition coefficient (Wildman–Crippen LogP) is 5.75. The summed E-state index contributed by atoms with van der Waals surface area (Å²) in [5.74, 6) is 2.81. The summed E-state index contributed by atoms with van der Waals surface area (Å²) in [5, 5.41) is 22.1. The van der Waals surface area contributed by atoms with Crippen molar-refractivity contribution in [2.45, 2.75) is 77.5 Å². The van der Waals surface area contributed by atoms with E-state index in [4.69, 9.17) is 4.98 Å². The lowest BCUT2D eigenvalue weighted by molar-refractivity contribution is -0.127. The van der Waals surface area contributed by atoms with Crippen molar-refractivity contribution in [3.63, 3.8) is 0 Å². The minimum Gasteiger partial charge on any atom is -0.393 e. The highest BCUT2D eigenvalue weighted by molar-refractivity contribution is 5.64. The lowest BCUT2D eigenvalue weighted by atomic mass is 9.45. The summed E-state index contributed by atoms with van der Waals surface area (Å²) >= 11 is 0. The Morgan fingerprint density at radius 2 is 1.67 bits per heavy atom. The first-order valence-electron chi connectivity index (χ1n) is 16.1. The van der Waals surface area contributed by atoms with E-state index < -0.39 is 12.2 Å². The number of aliphatic hydroxyl groups excluding tert-OH is 2. The zero-order valence-corrected chi connectivity index (χ0v) is 25.1. The second-order valence-corrected chi connectivity index (χ2v) is 14.5. The Labute approximate surface area is 253 Å². The standard InChI is InChI=1S/C37H41N3O3/c1-36-16-15-28-26(32(36)30(41)19-31(36)42)14-13-25-18-29-24(20-37(25,28)2)17-27-34(40(29)21-22-9-5-3-6-10-22)38-33(39-35(27)43)23-11-7-4-8-12-23/h3-12,17,25-26,28,30-32,41-42H,13-16,18-21H2,1-2H3/t25-,26+,28-,30+,31-,32+,36+,37-/m0/s1. The maximum absolute atomic E-state index is 13.7. The van der Waals surface area contributed by atoms with E-state index in [1.165, 1.54) is 16.8 Å². The van der Waals surface area contributed by atoms with Crippen molar-refractivity contribution in [2.75, 3.05) is 0 Å². The van der Waals surface area contributed by atoms with Crippen LogP contribution in [0.15, 0.2) is 71.5 Å². The van der Waals surface area contributed by atoms with Crippen molar-refractivity contribution in [1.82, 2.24) is 14.5 Å². The molecule has 43 heavy (non-hydrogen) atoms. The summed E-state index contributed by atoms with van der Waals surface area (Å²) in [6.07, 6.45) is 5.87. The molecule has 6 aliphatic rings. The number of nitrogens with zero attached hydrogens (tertiary/aromatic N) is 3. The molecule has 3 fully saturated rings. The maximum Gasteiger partial charge on any atom is 0.282 e. The molecule has 0 spiro atoms. The van der Waals surface area contributed by atoms with Gasteiger partial charge in [0.15, 0.2) is 5.82 Å². The zero-order chi connectivity index (χ0) is 29.5. The smallest absolute Gasteiger partial charge is 0.282 e. The third kappa shape index (κ3) is 4.09. The van der Waals surface area contributed by atoms with Gasteiger partial charge in [-0.15, -0.1) is 0 Å². The largest absolute Gasteiger partial charge is 0.393 e. The fraction of sp³-hybridized carbons (Fsp3) is 0.486. The van der Waals surface area contributed by atoms with Crippen LogP contribution in [0.3, 0.4) is 0 Å². The topological polar surface area (TPSA) is 88.2 Å². The van der Waals surface area contributed by atoms with Crippen LogP contribution < -0.4 is 5.56 Å². The van der Waals surface area contributed by atoms with E-state index >= 15 is 0 Å². The summed E-state index contributed by atoms with van der Waals surface area (Å²) in [6.45, 7) is 5.36. The molecule has 6 heteroatoms. The second-order valence-electron chi connectivity index (χ2n) is 14.5. The fourth-order valence-corrected chi connectivity index (χ4v) is 10.2. The molecule has 3 saturated carbocycles. The summed E-state index contributed by atoms with van der Waals surface area (Å²) in [4.78, 5) is 23.2. The lowest BCUT2D eigenvalue weighted by Gasteiger charge is -2.60. The van der Waals surface area contributed by atoms with Gasteiger partial charge in [0, 0.05) is 24.2 Å².